The van der Waals surface area contributed by atoms with E-state index in [0.717, 1.165) is 14.5 Å². The molecule has 0 spiro atoms. The van der Waals surface area contributed by atoms with Crippen LogP contribution in [0.25, 0.3) is 0 Å². The average Bonchev–Trinajstić information content (AvgIpc) is 1.85. The van der Waals surface area contributed by atoms with Crippen LogP contribution in [0.3, 0.4) is 0 Å². The molecule has 0 amide bonds. The summed E-state index contributed by atoms with van der Waals surface area (Å²) in [5.41, 5.74) is 1.02. The molecule has 0 atom stereocenters. The first-order valence-electron chi connectivity index (χ1n) is 2.84. The highest BCUT2D eigenvalue weighted by atomic mass is 79.9. The van der Waals surface area contributed by atoms with Crippen molar-refractivity contribution in [2.75, 3.05) is 0 Å². The lowest BCUT2D eigenvalue weighted by molar-refractivity contribution is 1.34. The highest BCUT2D eigenvalue weighted by molar-refractivity contribution is 9.11. The standard InChI is InChI=1S/C7H4Br2Cl2/c8-6-1-4(11)2-7(9)5(6)3-10/h1-2H,3H2. The predicted octanol–water partition coefficient (Wildman–Crippen LogP) is 4.60. The van der Waals surface area contributed by atoms with Gasteiger partial charge in [0.1, 0.15) is 0 Å². The molecule has 0 aromatic heterocycles. The van der Waals surface area contributed by atoms with E-state index in [-0.39, 0.29) is 0 Å². The third-order valence-electron chi connectivity index (χ3n) is 1.24. The molecule has 1 rings (SSSR count). The Morgan fingerprint density at radius 2 is 1.64 bits per heavy atom. The molecule has 0 aliphatic rings. The van der Waals surface area contributed by atoms with Gasteiger partial charge in [0.15, 0.2) is 0 Å². The molecule has 0 saturated carbocycles. The molecule has 11 heavy (non-hydrogen) atoms. The zero-order valence-electron chi connectivity index (χ0n) is 5.37. The van der Waals surface area contributed by atoms with Crippen molar-refractivity contribution in [1.29, 1.82) is 0 Å². The van der Waals surface area contributed by atoms with Crippen molar-refractivity contribution in [3.05, 3.63) is 31.7 Å². The molecule has 1 aromatic carbocycles. The van der Waals surface area contributed by atoms with Gasteiger partial charge in [0.25, 0.3) is 0 Å². The van der Waals surface area contributed by atoms with Gasteiger partial charge >= 0.3 is 0 Å². The second kappa shape index (κ2) is 4.13. The van der Waals surface area contributed by atoms with Crippen LogP contribution in [-0.2, 0) is 5.88 Å². The summed E-state index contributed by atoms with van der Waals surface area (Å²) in [7, 11) is 0. The quantitative estimate of drug-likeness (QED) is 0.664. The minimum absolute atomic E-state index is 0.471. The zero-order chi connectivity index (χ0) is 8.43. The zero-order valence-corrected chi connectivity index (χ0v) is 10.1. The molecule has 0 nitrogen and oxygen atoms in total. The van der Waals surface area contributed by atoms with Gasteiger partial charge in [0.05, 0.1) is 0 Å². The molecule has 0 heterocycles. The van der Waals surface area contributed by atoms with Gasteiger partial charge in [0.2, 0.25) is 0 Å². The van der Waals surface area contributed by atoms with E-state index in [4.69, 9.17) is 23.2 Å². The smallest absolute Gasteiger partial charge is 0.0496 e. The molecular formula is C7H4Br2Cl2. The fourth-order valence-electron chi connectivity index (χ4n) is 0.700. The molecule has 4 heteroatoms. The van der Waals surface area contributed by atoms with Gasteiger partial charge in [-0.2, -0.15) is 0 Å². The molecule has 0 aliphatic heterocycles. The summed E-state index contributed by atoms with van der Waals surface area (Å²) in [4.78, 5) is 0. The maximum Gasteiger partial charge on any atom is 0.0496 e. The number of halogens is 4. The van der Waals surface area contributed by atoms with Gasteiger partial charge < -0.3 is 0 Å². The topological polar surface area (TPSA) is 0 Å². The number of benzene rings is 1. The molecule has 0 aliphatic carbocycles. The molecule has 0 bridgehead atoms. The number of rotatable bonds is 1. The molecule has 0 N–H and O–H groups in total. The van der Waals surface area contributed by atoms with Crippen LogP contribution in [0.1, 0.15) is 5.56 Å². The highest BCUT2D eigenvalue weighted by Gasteiger charge is 2.04. The second-order valence-electron chi connectivity index (χ2n) is 1.98. The van der Waals surface area contributed by atoms with Crippen LogP contribution in [0.5, 0.6) is 0 Å². The minimum Gasteiger partial charge on any atom is -0.121 e. The van der Waals surface area contributed by atoms with E-state index in [2.05, 4.69) is 31.9 Å². The maximum absolute atomic E-state index is 5.78. The average molecular weight is 319 g/mol. The van der Waals surface area contributed by atoms with Gasteiger partial charge in [-0.25, -0.2) is 0 Å². The second-order valence-corrected chi connectivity index (χ2v) is 4.39. The lowest BCUT2D eigenvalue weighted by atomic mass is 10.2. The van der Waals surface area contributed by atoms with Crippen LogP contribution in [0.2, 0.25) is 5.02 Å². The Morgan fingerprint density at radius 3 is 2.00 bits per heavy atom. The fraction of sp³-hybridized carbons (Fsp3) is 0.143. The van der Waals surface area contributed by atoms with Gasteiger partial charge in [0, 0.05) is 19.8 Å². The molecular weight excluding hydrogens is 315 g/mol. The molecule has 60 valence electrons. The summed E-state index contributed by atoms with van der Waals surface area (Å²) in [5, 5.41) is 0.692. The monoisotopic (exact) mass is 316 g/mol. The first-order chi connectivity index (χ1) is 5.15. The Labute approximate surface area is 92.1 Å². The molecule has 0 saturated heterocycles. The summed E-state index contributed by atoms with van der Waals surface area (Å²) < 4.78 is 1.87. The summed E-state index contributed by atoms with van der Waals surface area (Å²) in [6.07, 6.45) is 0. The number of hydrogen-bond acceptors (Lipinski definition) is 0. The lowest BCUT2D eigenvalue weighted by Crippen LogP contribution is -1.82. The Balaban J connectivity index is 3.25. The molecule has 0 radical (unpaired) electrons. The van der Waals surface area contributed by atoms with Crippen molar-refractivity contribution in [1.82, 2.24) is 0 Å². The van der Waals surface area contributed by atoms with Crippen molar-refractivity contribution in [3.63, 3.8) is 0 Å². The summed E-state index contributed by atoms with van der Waals surface area (Å²) in [6, 6.07) is 3.65. The van der Waals surface area contributed by atoms with E-state index in [9.17, 15) is 0 Å². The van der Waals surface area contributed by atoms with Gasteiger partial charge in [-0.1, -0.05) is 43.5 Å². The first kappa shape index (κ1) is 9.85. The summed E-state index contributed by atoms with van der Waals surface area (Å²) >= 11 is 18.2. The van der Waals surface area contributed by atoms with E-state index < -0.39 is 0 Å². The predicted molar refractivity (Wildman–Crippen MR) is 56.4 cm³/mol. The van der Waals surface area contributed by atoms with Gasteiger partial charge in [-0.15, -0.1) is 11.6 Å². The van der Waals surface area contributed by atoms with Gasteiger partial charge in [-0.3, -0.25) is 0 Å². The third kappa shape index (κ3) is 2.35. The van der Waals surface area contributed by atoms with Crippen molar-refractivity contribution in [3.8, 4) is 0 Å². The minimum atomic E-state index is 0.471. The Morgan fingerprint density at radius 1 is 1.18 bits per heavy atom. The van der Waals surface area contributed by atoms with E-state index in [1.54, 1.807) is 0 Å². The Kier molecular flexibility index (Phi) is 3.69. The molecule has 0 fully saturated rings. The number of hydrogen-bond donors (Lipinski definition) is 0. The van der Waals surface area contributed by atoms with Crippen LogP contribution in [0.4, 0.5) is 0 Å². The van der Waals surface area contributed by atoms with E-state index in [1.165, 1.54) is 0 Å². The van der Waals surface area contributed by atoms with E-state index in [0.29, 0.717) is 10.9 Å². The summed E-state index contributed by atoms with van der Waals surface area (Å²) in [6.45, 7) is 0. The van der Waals surface area contributed by atoms with Crippen molar-refractivity contribution in [2.45, 2.75) is 5.88 Å². The van der Waals surface area contributed by atoms with Gasteiger partial charge in [-0.05, 0) is 17.7 Å². The van der Waals surface area contributed by atoms with Crippen LogP contribution in [0, 0.1) is 0 Å². The fourth-order valence-corrected chi connectivity index (χ4v) is 3.26. The first-order valence-corrected chi connectivity index (χ1v) is 5.34. The highest BCUT2D eigenvalue weighted by Crippen LogP contribution is 2.30. The largest absolute Gasteiger partial charge is 0.121 e. The summed E-state index contributed by atoms with van der Waals surface area (Å²) in [5.74, 6) is 0.471. The Bertz CT molecular complexity index is 250. The number of alkyl halides is 1. The van der Waals surface area contributed by atoms with Crippen LogP contribution in [-0.4, -0.2) is 0 Å². The van der Waals surface area contributed by atoms with Crippen LogP contribution < -0.4 is 0 Å². The normalized spacial score (nSPS) is 10.2. The van der Waals surface area contributed by atoms with Crippen LogP contribution in [0.15, 0.2) is 21.1 Å². The SMILES string of the molecule is ClCc1c(Br)cc(Cl)cc1Br. The van der Waals surface area contributed by atoms with E-state index >= 15 is 0 Å². The molecule has 1 aromatic rings. The van der Waals surface area contributed by atoms with Crippen molar-refractivity contribution in [2.24, 2.45) is 0 Å². The van der Waals surface area contributed by atoms with Crippen molar-refractivity contribution >= 4 is 55.1 Å². The molecule has 0 unspecified atom stereocenters. The van der Waals surface area contributed by atoms with E-state index in [1.807, 2.05) is 12.1 Å². The maximum atomic E-state index is 5.78. The third-order valence-corrected chi connectivity index (χ3v) is 3.14. The van der Waals surface area contributed by atoms with Crippen LogP contribution >= 0.6 is 55.1 Å². The Hall–Kier alpha value is 0.760. The lowest BCUT2D eigenvalue weighted by Gasteiger charge is -2.03. The van der Waals surface area contributed by atoms with Crippen molar-refractivity contribution < 1.29 is 0 Å².